The molecule has 1 rings (SSSR count). The van der Waals surface area contributed by atoms with Gasteiger partial charge in [-0.05, 0) is 31.4 Å². The Morgan fingerprint density at radius 1 is 1.12 bits per heavy atom. The van der Waals surface area contributed by atoms with Crippen molar-refractivity contribution in [2.45, 2.75) is 27.2 Å². The Bertz CT molecular complexity index is 377. The number of hydrogen-bond acceptors (Lipinski definition) is 1. The summed E-state index contributed by atoms with van der Waals surface area (Å²) in [5, 5.41) is 0. The number of likely N-dealkylation sites (N-methyl/N-ethyl adjacent to an activating group) is 1. The standard InChI is InChI=1S/C15H21NO/c1-4-13(14-10-8-7-9-11-14)12-15(17)16(5-2)6-3/h7-12H,4-6H2,1-3H3/b13-12+. The van der Waals surface area contributed by atoms with E-state index in [0.717, 1.165) is 30.6 Å². The van der Waals surface area contributed by atoms with Gasteiger partial charge in [0.25, 0.3) is 0 Å². The second-order valence-corrected chi connectivity index (χ2v) is 3.90. The smallest absolute Gasteiger partial charge is 0.246 e. The van der Waals surface area contributed by atoms with E-state index >= 15 is 0 Å². The van der Waals surface area contributed by atoms with Crippen LogP contribution in [0.3, 0.4) is 0 Å². The molecule has 0 aromatic heterocycles. The largest absolute Gasteiger partial charge is 0.340 e. The molecule has 2 heteroatoms. The SMILES string of the molecule is CC/C(=C\C(=O)N(CC)CC)c1ccccc1. The lowest BCUT2D eigenvalue weighted by Gasteiger charge is -2.17. The number of amides is 1. The maximum Gasteiger partial charge on any atom is 0.246 e. The van der Waals surface area contributed by atoms with Crippen LogP contribution >= 0.6 is 0 Å². The lowest BCUT2D eigenvalue weighted by atomic mass is 10.0. The highest BCUT2D eigenvalue weighted by Gasteiger charge is 2.08. The zero-order valence-corrected chi connectivity index (χ0v) is 10.9. The van der Waals surface area contributed by atoms with Gasteiger partial charge >= 0.3 is 0 Å². The van der Waals surface area contributed by atoms with Gasteiger partial charge in [0.15, 0.2) is 0 Å². The van der Waals surface area contributed by atoms with E-state index in [1.54, 1.807) is 6.08 Å². The highest BCUT2D eigenvalue weighted by atomic mass is 16.2. The van der Waals surface area contributed by atoms with Crippen molar-refractivity contribution in [2.75, 3.05) is 13.1 Å². The molecule has 92 valence electrons. The molecule has 0 spiro atoms. The monoisotopic (exact) mass is 231 g/mol. The van der Waals surface area contributed by atoms with Crippen LogP contribution < -0.4 is 0 Å². The van der Waals surface area contributed by atoms with Gasteiger partial charge in [0.1, 0.15) is 0 Å². The Morgan fingerprint density at radius 3 is 2.18 bits per heavy atom. The Balaban J connectivity index is 2.91. The van der Waals surface area contributed by atoms with Crippen LogP contribution in [0.5, 0.6) is 0 Å². The number of carbonyl (C=O) groups excluding carboxylic acids is 1. The van der Waals surface area contributed by atoms with Gasteiger partial charge in [0.2, 0.25) is 5.91 Å². The van der Waals surface area contributed by atoms with Crippen LogP contribution in [0.2, 0.25) is 0 Å². The Morgan fingerprint density at radius 2 is 1.71 bits per heavy atom. The Labute approximate surface area is 104 Å². The quantitative estimate of drug-likeness (QED) is 0.712. The first-order chi connectivity index (χ1) is 8.22. The molecular weight excluding hydrogens is 210 g/mol. The summed E-state index contributed by atoms with van der Waals surface area (Å²) in [5.41, 5.74) is 2.23. The molecule has 0 heterocycles. The fraction of sp³-hybridized carbons (Fsp3) is 0.400. The normalized spacial score (nSPS) is 11.4. The molecular formula is C15H21NO. The summed E-state index contributed by atoms with van der Waals surface area (Å²) < 4.78 is 0. The molecule has 0 unspecified atom stereocenters. The highest BCUT2D eigenvalue weighted by molar-refractivity contribution is 5.95. The lowest BCUT2D eigenvalue weighted by Crippen LogP contribution is -2.28. The topological polar surface area (TPSA) is 20.3 Å². The van der Waals surface area contributed by atoms with Crippen molar-refractivity contribution in [3.63, 3.8) is 0 Å². The summed E-state index contributed by atoms with van der Waals surface area (Å²) in [5.74, 6) is 0.107. The molecule has 0 saturated heterocycles. The fourth-order valence-corrected chi connectivity index (χ4v) is 1.82. The van der Waals surface area contributed by atoms with Gasteiger partial charge in [-0.25, -0.2) is 0 Å². The van der Waals surface area contributed by atoms with Crippen LogP contribution in [0.4, 0.5) is 0 Å². The first-order valence-electron chi connectivity index (χ1n) is 6.27. The van der Waals surface area contributed by atoms with Crippen molar-refractivity contribution in [1.29, 1.82) is 0 Å². The van der Waals surface area contributed by atoms with E-state index in [1.807, 2.05) is 49.1 Å². The molecule has 0 atom stereocenters. The molecule has 0 fully saturated rings. The number of benzene rings is 1. The molecule has 0 aliphatic rings. The molecule has 1 amide bonds. The Kier molecular flexibility index (Phi) is 5.47. The molecule has 0 aliphatic heterocycles. The third kappa shape index (κ3) is 3.74. The molecule has 0 saturated carbocycles. The van der Waals surface area contributed by atoms with E-state index in [4.69, 9.17) is 0 Å². The maximum atomic E-state index is 12.0. The molecule has 0 radical (unpaired) electrons. The minimum atomic E-state index is 0.107. The number of rotatable bonds is 5. The molecule has 1 aromatic rings. The summed E-state index contributed by atoms with van der Waals surface area (Å²) in [4.78, 5) is 13.8. The van der Waals surface area contributed by atoms with Crippen molar-refractivity contribution >= 4 is 11.5 Å². The summed E-state index contributed by atoms with van der Waals surface area (Å²) in [6.07, 6.45) is 2.64. The maximum absolute atomic E-state index is 12.0. The van der Waals surface area contributed by atoms with Crippen molar-refractivity contribution in [1.82, 2.24) is 4.90 Å². The third-order valence-corrected chi connectivity index (χ3v) is 2.90. The van der Waals surface area contributed by atoms with Crippen LogP contribution in [0.1, 0.15) is 32.8 Å². The van der Waals surface area contributed by atoms with Gasteiger partial charge in [0, 0.05) is 19.2 Å². The van der Waals surface area contributed by atoms with Crippen LogP contribution in [-0.4, -0.2) is 23.9 Å². The van der Waals surface area contributed by atoms with Crippen LogP contribution in [0, 0.1) is 0 Å². The second-order valence-electron chi connectivity index (χ2n) is 3.90. The van der Waals surface area contributed by atoms with Crippen LogP contribution in [-0.2, 0) is 4.79 Å². The van der Waals surface area contributed by atoms with Crippen LogP contribution in [0.25, 0.3) is 5.57 Å². The Hall–Kier alpha value is -1.57. The minimum absolute atomic E-state index is 0.107. The van der Waals surface area contributed by atoms with E-state index in [0.29, 0.717) is 0 Å². The van der Waals surface area contributed by atoms with Crippen LogP contribution in [0.15, 0.2) is 36.4 Å². The summed E-state index contributed by atoms with van der Waals surface area (Å²) in [6, 6.07) is 10.1. The van der Waals surface area contributed by atoms with Gasteiger partial charge in [0.05, 0.1) is 0 Å². The van der Waals surface area contributed by atoms with Crippen molar-refractivity contribution in [3.05, 3.63) is 42.0 Å². The third-order valence-electron chi connectivity index (χ3n) is 2.90. The molecule has 0 aliphatic carbocycles. The van der Waals surface area contributed by atoms with Crippen molar-refractivity contribution in [3.8, 4) is 0 Å². The number of carbonyl (C=O) groups is 1. The zero-order chi connectivity index (χ0) is 12.7. The van der Waals surface area contributed by atoms with Gasteiger partial charge in [-0.3, -0.25) is 4.79 Å². The molecule has 0 N–H and O–H groups in total. The number of allylic oxidation sites excluding steroid dienone is 1. The molecule has 1 aromatic carbocycles. The summed E-state index contributed by atoms with van der Waals surface area (Å²) in [7, 11) is 0. The highest BCUT2D eigenvalue weighted by Crippen LogP contribution is 2.17. The predicted molar refractivity (Wildman–Crippen MR) is 72.6 cm³/mol. The molecule has 0 bridgehead atoms. The first-order valence-corrected chi connectivity index (χ1v) is 6.27. The zero-order valence-electron chi connectivity index (χ0n) is 10.9. The summed E-state index contributed by atoms with van der Waals surface area (Å²) >= 11 is 0. The van der Waals surface area contributed by atoms with E-state index in [9.17, 15) is 4.79 Å². The van der Waals surface area contributed by atoms with E-state index < -0.39 is 0 Å². The first kappa shape index (κ1) is 13.5. The van der Waals surface area contributed by atoms with Gasteiger partial charge in [-0.1, -0.05) is 37.3 Å². The van der Waals surface area contributed by atoms with Gasteiger partial charge in [-0.15, -0.1) is 0 Å². The number of nitrogens with zero attached hydrogens (tertiary/aromatic N) is 1. The van der Waals surface area contributed by atoms with E-state index in [-0.39, 0.29) is 5.91 Å². The average Bonchev–Trinajstić information content (AvgIpc) is 2.38. The second kappa shape index (κ2) is 6.89. The molecule has 17 heavy (non-hydrogen) atoms. The summed E-state index contributed by atoms with van der Waals surface area (Å²) in [6.45, 7) is 7.61. The van der Waals surface area contributed by atoms with Gasteiger partial charge in [-0.2, -0.15) is 0 Å². The number of hydrogen-bond donors (Lipinski definition) is 0. The average molecular weight is 231 g/mol. The fourth-order valence-electron chi connectivity index (χ4n) is 1.82. The van der Waals surface area contributed by atoms with Crippen molar-refractivity contribution in [2.24, 2.45) is 0 Å². The van der Waals surface area contributed by atoms with Gasteiger partial charge < -0.3 is 4.90 Å². The molecule has 2 nitrogen and oxygen atoms in total. The van der Waals surface area contributed by atoms with Crippen molar-refractivity contribution < 1.29 is 4.79 Å². The predicted octanol–water partition coefficient (Wildman–Crippen LogP) is 3.35. The van der Waals surface area contributed by atoms with E-state index in [1.165, 1.54) is 0 Å². The minimum Gasteiger partial charge on any atom is -0.340 e. The van der Waals surface area contributed by atoms with E-state index in [2.05, 4.69) is 6.92 Å². The lowest BCUT2D eigenvalue weighted by molar-refractivity contribution is -0.125.